The molecule has 0 bridgehead atoms. The highest BCUT2D eigenvalue weighted by Crippen LogP contribution is 2.38. The van der Waals surface area contributed by atoms with Crippen LogP contribution in [0.1, 0.15) is 5.69 Å². The number of rotatable bonds is 2. The lowest BCUT2D eigenvalue weighted by Gasteiger charge is -2.23. The third-order valence-corrected chi connectivity index (χ3v) is 2.04. The van der Waals surface area contributed by atoms with Gasteiger partial charge in [0.2, 0.25) is 5.88 Å². The number of nitrogens with zero attached hydrogens (tertiary/aromatic N) is 2. The topological polar surface area (TPSA) is 53.1 Å². The predicted molar refractivity (Wildman–Crippen MR) is 48.9 cm³/mol. The highest BCUT2D eigenvalue weighted by Gasteiger charge is 2.59. The van der Waals surface area contributed by atoms with Crippen molar-refractivity contribution in [2.45, 2.75) is 25.4 Å². The Labute approximate surface area is 97.3 Å². The van der Waals surface area contributed by atoms with E-state index in [9.17, 15) is 26.3 Å². The molecule has 0 atom stereocenters. The molecule has 0 amide bonds. The summed E-state index contributed by atoms with van der Waals surface area (Å²) in [6, 6.07) is 0. The summed E-state index contributed by atoms with van der Waals surface area (Å²) < 4.78 is 78.2. The van der Waals surface area contributed by atoms with Crippen LogP contribution in [0.15, 0.2) is 0 Å². The van der Waals surface area contributed by atoms with E-state index in [1.54, 1.807) is 0 Å². The molecule has 1 rings (SSSR count). The third-order valence-electron chi connectivity index (χ3n) is 2.04. The van der Waals surface area contributed by atoms with Crippen LogP contribution in [0.5, 0.6) is 5.88 Å². The van der Waals surface area contributed by atoms with Crippen LogP contribution in [0.2, 0.25) is 0 Å². The Kier molecular flexibility index (Phi) is 3.41. The van der Waals surface area contributed by atoms with Gasteiger partial charge in [-0.3, -0.25) is 0 Å². The van der Waals surface area contributed by atoms with E-state index in [0.29, 0.717) is 0 Å². The van der Waals surface area contributed by atoms with Crippen LogP contribution >= 0.6 is 0 Å². The summed E-state index contributed by atoms with van der Waals surface area (Å²) in [5.74, 6) is -0.771. The molecular formula is C8H9F6N3O. The van der Waals surface area contributed by atoms with E-state index in [1.165, 1.54) is 6.92 Å². The smallest absolute Gasteiger partial charge is 0.434 e. The largest absolute Gasteiger partial charge is 0.453 e. The van der Waals surface area contributed by atoms with Crippen molar-refractivity contribution in [3.05, 3.63) is 5.69 Å². The van der Waals surface area contributed by atoms with Crippen LogP contribution in [0.25, 0.3) is 0 Å². The van der Waals surface area contributed by atoms with Crippen molar-refractivity contribution in [1.29, 1.82) is 0 Å². The predicted octanol–water partition coefficient (Wildman–Crippen LogP) is 2.18. The maximum absolute atomic E-state index is 12.3. The monoisotopic (exact) mass is 277 g/mol. The van der Waals surface area contributed by atoms with Gasteiger partial charge in [-0.15, -0.1) is 0 Å². The molecule has 1 aromatic heterocycles. The standard InChI is InChI=1S/C8H9F6N3O/c1-3-4(15)5(17(2)16-3)18-6(7(9,10)11)8(12,13)14/h6H,15H2,1-2H3. The number of nitrogen functional groups attached to an aromatic ring is 1. The highest BCUT2D eigenvalue weighted by atomic mass is 19.4. The summed E-state index contributed by atoms with van der Waals surface area (Å²) in [5, 5.41) is 3.56. The molecule has 4 nitrogen and oxygen atoms in total. The number of halogens is 6. The molecule has 0 saturated heterocycles. The van der Waals surface area contributed by atoms with Crippen LogP contribution in [-0.2, 0) is 7.05 Å². The molecule has 1 heterocycles. The molecule has 1 aromatic rings. The van der Waals surface area contributed by atoms with Gasteiger partial charge < -0.3 is 10.5 Å². The number of ether oxygens (including phenoxy) is 1. The van der Waals surface area contributed by atoms with E-state index >= 15 is 0 Å². The lowest BCUT2D eigenvalue weighted by Crippen LogP contribution is -2.47. The van der Waals surface area contributed by atoms with E-state index < -0.39 is 24.3 Å². The zero-order chi connectivity index (χ0) is 14.3. The van der Waals surface area contributed by atoms with Gasteiger partial charge in [0, 0.05) is 7.05 Å². The SMILES string of the molecule is Cc1nn(C)c(OC(C(F)(F)F)C(F)(F)F)c1N. The Bertz CT molecular complexity index is 421. The first kappa shape index (κ1) is 14.5. The first-order chi connectivity index (χ1) is 7.94. The van der Waals surface area contributed by atoms with E-state index in [1.807, 2.05) is 0 Å². The van der Waals surface area contributed by atoms with Gasteiger partial charge >= 0.3 is 12.4 Å². The summed E-state index contributed by atoms with van der Waals surface area (Å²) >= 11 is 0. The van der Waals surface area contributed by atoms with Crippen LogP contribution < -0.4 is 10.5 Å². The average molecular weight is 277 g/mol. The lowest BCUT2D eigenvalue weighted by atomic mass is 10.3. The fourth-order valence-electron chi connectivity index (χ4n) is 1.22. The molecule has 18 heavy (non-hydrogen) atoms. The number of alkyl halides is 6. The first-order valence-corrected chi connectivity index (χ1v) is 4.53. The van der Waals surface area contributed by atoms with E-state index in [0.717, 1.165) is 11.7 Å². The Hall–Kier alpha value is -1.61. The summed E-state index contributed by atoms with van der Waals surface area (Å²) in [6.07, 6.45) is -15.1. The normalized spacial score (nSPS) is 13.2. The van der Waals surface area contributed by atoms with Crippen molar-refractivity contribution in [1.82, 2.24) is 9.78 Å². The van der Waals surface area contributed by atoms with E-state index in [-0.39, 0.29) is 11.4 Å². The van der Waals surface area contributed by atoms with Crippen molar-refractivity contribution in [2.75, 3.05) is 5.73 Å². The zero-order valence-corrected chi connectivity index (χ0v) is 9.23. The van der Waals surface area contributed by atoms with Crippen molar-refractivity contribution in [3.63, 3.8) is 0 Å². The Morgan fingerprint density at radius 2 is 1.61 bits per heavy atom. The molecule has 0 radical (unpaired) electrons. The minimum absolute atomic E-state index is 0.0793. The van der Waals surface area contributed by atoms with Gasteiger partial charge in [0.1, 0.15) is 5.69 Å². The molecule has 104 valence electrons. The highest BCUT2D eigenvalue weighted by molar-refractivity contribution is 5.52. The maximum atomic E-state index is 12.3. The number of nitrogens with two attached hydrogens (primary N) is 1. The van der Waals surface area contributed by atoms with Crippen molar-refractivity contribution >= 4 is 5.69 Å². The minimum atomic E-state index is -5.59. The number of anilines is 1. The summed E-state index contributed by atoms with van der Waals surface area (Å²) in [7, 11) is 1.13. The van der Waals surface area contributed by atoms with Gasteiger partial charge in [-0.05, 0) is 6.92 Å². The number of hydrogen-bond donors (Lipinski definition) is 1. The second kappa shape index (κ2) is 4.25. The van der Waals surface area contributed by atoms with E-state index in [4.69, 9.17) is 5.73 Å². The van der Waals surface area contributed by atoms with Gasteiger partial charge in [-0.1, -0.05) is 0 Å². The van der Waals surface area contributed by atoms with Crippen molar-refractivity contribution < 1.29 is 31.1 Å². The Morgan fingerprint density at radius 1 is 1.17 bits per heavy atom. The van der Waals surface area contributed by atoms with Crippen molar-refractivity contribution in [2.24, 2.45) is 7.05 Å². The molecule has 0 aliphatic heterocycles. The van der Waals surface area contributed by atoms with Crippen LogP contribution in [0.4, 0.5) is 32.0 Å². The van der Waals surface area contributed by atoms with Gasteiger partial charge in [-0.25, -0.2) is 4.68 Å². The lowest BCUT2D eigenvalue weighted by molar-refractivity contribution is -0.300. The summed E-state index contributed by atoms with van der Waals surface area (Å²) in [5.41, 5.74) is 5.01. The second-order valence-electron chi connectivity index (χ2n) is 3.51. The molecule has 0 aliphatic rings. The Morgan fingerprint density at radius 3 is 1.89 bits per heavy atom. The quantitative estimate of drug-likeness (QED) is 0.843. The zero-order valence-electron chi connectivity index (χ0n) is 9.23. The fourth-order valence-corrected chi connectivity index (χ4v) is 1.22. The summed E-state index contributed by atoms with van der Waals surface area (Å²) in [4.78, 5) is 0. The van der Waals surface area contributed by atoms with Gasteiger partial charge in [0.15, 0.2) is 0 Å². The average Bonchev–Trinajstić information content (AvgIpc) is 2.34. The molecule has 2 N–H and O–H groups in total. The molecular weight excluding hydrogens is 268 g/mol. The minimum Gasteiger partial charge on any atom is -0.453 e. The van der Waals surface area contributed by atoms with Gasteiger partial charge in [0.25, 0.3) is 6.10 Å². The fraction of sp³-hybridized carbons (Fsp3) is 0.625. The number of aromatic nitrogens is 2. The molecule has 0 fully saturated rings. The van der Waals surface area contributed by atoms with Crippen LogP contribution in [0.3, 0.4) is 0 Å². The maximum Gasteiger partial charge on any atom is 0.434 e. The Balaban J connectivity index is 3.13. The number of hydrogen-bond acceptors (Lipinski definition) is 3. The molecule has 0 spiro atoms. The second-order valence-corrected chi connectivity index (χ2v) is 3.51. The van der Waals surface area contributed by atoms with E-state index in [2.05, 4.69) is 9.84 Å². The van der Waals surface area contributed by atoms with Gasteiger partial charge in [0.05, 0.1) is 5.69 Å². The molecule has 0 aliphatic carbocycles. The summed E-state index contributed by atoms with van der Waals surface area (Å²) in [6.45, 7) is 1.33. The van der Waals surface area contributed by atoms with Crippen LogP contribution in [0, 0.1) is 6.92 Å². The molecule has 0 unspecified atom stereocenters. The molecule has 10 heteroatoms. The molecule has 0 aromatic carbocycles. The first-order valence-electron chi connectivity index (χ1n) is 4.53. The molecule has 0 saturated carbocycles. The van der Waals surface area contributed by atoms with Gasteiger partial charge in [-0.2, -0.15) is 31.4 Å². The number of aryl methyl sites for hydroxylation is 2. The van der Waals surface area contributed by atoms with Crippen LogP contribution in [-0.4, -0.2) is 28.2 Å². The third kappa shape index (κ3) is 2.79. The van der Waals surface area contributed by atoms with Crippen molar-refractivity contribution in [3.8, 4) is 5.88 Å².